The average molecular weight is 443 g/mol. The normalized spacial score (nSPS) is 18.0. The molecule has 146 valence electrons. The number of nitrogens with zero attached hydrogens (tertiary/aromatic N) is 3. The van der Waals surface area contributed by atoms with E-state index in [1.165, 1.54) is 0 Å². The molecule has 1 fully saturated rings. The summed E-state index contributed by atoms with van der Waals surface area (Å²) in [7, 11) is 3.94. The third-order valence-corrected chi connectivity index (χ3v) is 5.69. The summed E-state index contributed by atoms with van der Waals surface area (Å²) in [6, 6.07) is 15.7. The molecule has 0 radical (unpaired) electrons. The number of hydroxylamine groups is 1. The lowest BCUT2D eigenvalue weighted by Gasteiger charge is -2.35. The number of likely N-dealkylation sites (tertiary alicyclic amines) is 1. The van der Waals surface area contributed by atoms with Gasteiger partial charge in [0, 0.05) is 61.3 Å². The van der Waals surface area contributed by atoms with Crippen molar-refractivity contribution >= 4 is 33.4 Å². The Morgan fingerprint density at radius 3 is 2.64 bits per heavy atom. The topological polar surface area (TPSA) is 57.2 Å². The standard InChI is InChI=1S/C21H23BrN4O2/c1-25(2)18-8-4-6-16(14-18)20(27)26-11-9-21(10-12-26)23-19(24-28-21)15-5-3-7-17(22)13-15/h3-8,13-14H,9-12H2,1-2H3,(H,23,24). The summed E-state index contributed by atoms with van der Waals surface area (Å²) in [6.07, 6.45) is 1.33. The molecule has 2 heterocycles. The molecule has 0 bridgehead atoms. The Balaban J connectivity index is 1.45. The highest BCUT2D eigenvalue weighted by molar-refractivity contribution is 9.10. The minimum atomic E-state index is -0.597. The summed E-state index contributed by atoms with van der Waals surface area (Å²) in [4.78, 5) is 27.5. The van der Waals surface area contributed by atoms with Crippen LogP contribution in [-0.2, 0) is 4.84 Å². The number of amidine groups is 1. The molecule has 1 saturated heterocycles. The van der Waals surface area contributed by atoms with Gasteiger partial charge in [-0.3, -0.25) is 4.79 Å². The second-order valence-electron chi connectivity index (χ2n) is 7.36. The van der Waals surface area contributed by atoms with Crippen LogP contribution < -0.4 is 10.4 Å². The number of halogens is 1. The van der Waals surface area contributed by atoms with Crippen molar-refractivity contribution < 1.29 is 9.63 Å². The van der Waals surface area contributed by atoms with Crippen LogP contribution >= 0.6 is 15.9 Å². The van der Waals surface area contributed by atoms with Crippen molar-refractivity contribution in [1.29, 1.82) is 0 Å². The summed E-state index contributed by atoms with van der Waals surface area (Å²) < 4.78 is 0.996. The molecule has 2 aliphatic rings. The van der Waals surface area contributed by atoms with Gasteiger partial charge < -0.3 is 9.80 Å². The monoisotopic (exact) mass is 442 g/mol. The van der Waals surface area contributed by atoms with E-state index in [0.29, 0.717) is 31.5 Å². The van der Waals surface area contributed by atoms with Crippen molar-refractivity contribution in [2.24, 2.45) is 4.99 Å². The lowest BCUT2D eigenvalue weighted by Crippen LogP contribution is -2.46. The molecular weight excluding hydrogens is 420 g/mol. The number of benzene rings is 2. The fraction of sp³-hybridized carbons (Fsp3) is 0.333. The Hall–Kier alpha value is -2.38. The Bertz CT molecular complexity index is 920. The molecule has 0 atom stereocenters. The number of piperidine rings is 1. The highest BCUT2D eigenvalue weighted by Crippen LogP contribution is 2.32. The third kappa shape index (κ3) is 3.77. The summed E-state index contributed by atoms with van der Waals surface area (Å²) in [5.74, 6) is 0.792. The van der Waals surface area contributed by atoms with Crippen LogP contribution in [0.2, 0.25) is 0 Å². The van der Waals surface area contributed by atoms with Crippen LogP contribution in [-0.4, -0.2) is 49.6 Å². The number of anilines is 1. The highest BCUT2D eigenvalue weighted by Gasteiger charge is 2.41. The third-order valence-electron chi connectivity index (χ3n) is 5.19. The summed E-state index contributed by atoms with van der Waals surface area (Å²) in [5.41, 5.74) is 5.09. The predicted molar refractivity (Wildman–Crippen MR) is 114 cm³/mol. The number of hydrogen-bond acceptors (Lipinski definition) is 5. The van der Waals surface area contributed by atoms with Crippen LogP contribution in [0.3, 0.4) is 0 Å². The van der Waals surface area contributed by atoms with Gasteiger partial charge in [0.15, 0.2) is 11.6 Å². The van der Waals surface area contributed by atoms with Gasteiger partial charge in [0.05, 0.1) is 0 Å². The molecule has 2 aliphatic heterocycles. The molecule has 1 N–H and O–H groups in total. The van der Waals surface area contributed by atoms with Crippen LogP contribution in [0, 0.1) is 0 Å². The molecule has 1 spiro atoms. The second kappa shape index (κ2) is 7.56. The predicted octanol–water partition coefficient (Wildman–Crippen LogP) is 3.43. The minimum absolute atomic E-state index is 0.0562. The zero-order valence-corrected chi connectivity index (χ0v) is 17.6. The zero-order chi connectivity index (χ0) is 19.7. The highest BCUT2D eigenvalue weighted by atomic mass is 79.9. The van der Waals surface area contributed by atoms with Crippen LogP contribution in [0.1, 0.15) is 28.8 Å². The van der Waals surface area contributed by atoms with E-state index in [0.717, 1.165) is 21.6 Å². The molecule has 0 unspecified atom stereocenters. The average Bonchev–Trinajstić information content (AvgIpc) is 3.12. The van der Waals surface area contributed by atoms with Gasteiger partial charge in [-0.25, -0.2) is 15.3 Å². The van der Waals surface area contributed by atoms with Gasteiger partial charge in [-0.2, -0.15) is 0 Å². The number of aliphatic imine (C=N–C) groups is 1. The molecule has 6 nitrogen and oxygen atoms in total. The van der Waals surface area contributed by atoms with Crippen LogP contribution in [0.4, 0.5) is 5.69 Å². The first-order valence-corrected chi connectivity index (χ1v) is 10.1. The number of amides is 1. The zero-order valence-electron chi connectivity index (χ0n) is 16.0. The molecule has 0 saturated carbocycles. The van der Waals surface area contributed by atoms with Crippen molar-refractivity contribution in [2.75, 3.05) is 32.1 Å². The molecule has 2 aromatic rings. The Kier molecular flexibility index (Phi) is 5.12. The van der Waals surface area contributed by atoms with Gasteiger partial charge in [0.25, 0.3) is 5.91 Å². The van der Waals surface area contributed by atoms with Crippen molar-refractivity contribution in [3.05, 3.63) is 64.1 Å². The Morgan fingerprint density at radius 1 is 1.18 bits per heavy atom. The second-order valence-corrected chi connectivity index (χ2v) is 8.27. The molecular formula is C21H23BrN4O2. The van der Waals surface area contributed by atoms with Crippen LogP contribution in [0.5, 0.6) is 0 Å². The fourth-order valence-electron chi connectivity index (χ4n) is 3.52. The number of nitrogens with one attached hydrogen (secondary N) is 1. The molecule has 28 heavy (non-hydrogen) atoms. The molecule has 0 aromatic heterocycles. The maximum atomic E-state index is 12.9. The van der Waals surface area contributed by atoms with Gasteiger partial charge in [-0.15, -0.1) is 0 Å². The van der Waals surface area contributed by atoms with Crippen LogP contribution in [0.25, 0.3) is 0 Å². The van der Waals surface area contributed by atoms with Crippen LogP contribution in [0.15, 0.2) is 58.0 Å². The van der Waals surface area contributed by atoms with Crippen molar-refractivity contribution in [1.82, 2.24) is 10.4 Å². The smallest absolute Gasteiger partial charge is 0.253 e. The van der Waals surface area contributed by atoms with E-state index in [2.05, 4.69) is 21.4 Å². The Labute approximate surface area is 173 Å². The van der Waals surface area contributed by atoms with Crippen molar-refractivity contribution in [2.45, 2.75) is 18.6 Å². The molecule has 7 heteroatoms. The maximum Gasteiger partial charge on any atom is 0.253 e. The molecule has 4 rings (SSSR count). The van der Waals surface area contributed by atoms with Gasteiger partial charge in [0.2, 0.25) is 0 Å². The summed E-state index contributed by atoms with van der Waals surface area (Å²) >= 11 is 3.49. The SMILES string of the molecule is CN(C)c1cccc(C(=O)N2CCC3(CC2)N=C(c2cccc(Br)c2)NO3)c1. The Morgan fingerprint density at radius 2 is 1.93 bits per heavy atom. The largest absolute Gasteiger partial charge is 0.378 e. The van der Waals surface area contributed by atoms with Gasteiger partial charge in [-0.1, -0.05) is 34.1 Å². The number of carbonyl (C=O) groups is 1. The first-order chi connectivity index (χ1) is 13.5. The van der Waals surface area contributed by atoms with E-state index in [1.807, 2.05) is 72.4 Å². The number of carbonyl (C=O) groups excluding carboxylic acids is 1. The summed E-state index contributed by atoms with van der Waals surface area (Å²) in [5, 5.41) is 0. The molecule has 0 aliphatic carbocycles. The van der Waals surface area contributed by atoms with Gasteiger partial charge in [-0.05, 0) is 30.3 Å². The molecule has 2 aromatic carbocycles. The summed E-state index contributed by atoms with van der Waals surface area (Å²) in [6.45, 7) is 1.23. The fourth-order valence-corrected chi connectivity index (χ4v) is 3.92. The van der Waals surface area contributed by atoms with Gasteiger partial charge in [0.1, 0.15) is 0 Å². The quantitative estimate of drug-likeness (QED) is 0.790. The minimum Gasteiger partial charge on any atom is -0.378 e. The first-order valence-electron chi connectivity index (χ1n) is 9.32. The van der Waals surface area contributed by atoms with E-state index in [1.54, 1.807) is 0 Å². The van der Waals surface area contributed by atoms with Crippen molar-refractivity contribution in [3.8, 4) is 0 Å². The maximum absolute atomic E-state index is 12.9. The number of hydrogen-bond donors (Lipinski definition) is 1. The van der Waals surface area contributed by atoms with E-state index >= 15 is 0 Å². The van der Waals surface area contributed by atoms with E-state index in [4.69, 9.17) is 9.83 Å². The first kappa shape index (κ1) is 19.0. The molecule has 1 amide bonds. The van der Waals surface area contributed by atoms with Crippen molar-refractivity contribution in [3.63, 3.8) is 0 Å². The van der Waals surface area contributed by atoms with E-state index in [-0.39, 0.29) is 5.91 Å². The van der Waals surface area contributed by atoms with E-state index < -0.39 is 5.72 Å². The lowest BCUT2D eigenvalue weighted by atomic mass is 10.00. The van der Waals surface area contributed by atoms with E-state index in [9.17, 15) is 4.79 Å². The lowest BCUT2D eigenvalue weighted by molar-refractivity contribution is -0.0849. The number of rotatable bonds is 3. The van der Waals surface area contributed by atoms with Gasteiger partial charge >= 0.3 is 0 Å².